The molecule has 0 fully saturated rings. The molecule has 0 saturated carbocycles. The molecule has 0 aliphatic rings. The molecule has 1 aromatic rings. The molecule has 1 rings (SSSR count). The van der Waals surface area contributed by atoms with E-state index in [0.29, 0.717) is 0 Å². The zero-order valence-electron chi connectivity index (χ0n) is 12.9. The number of nitrogens with one attached hydrogen (secondary N) is 1. The maximum Gasteiger partial charge on any atom is 0.350 e. The largest absolute Gasteiger partial charge is 0.462 e. The van der Waals surface area contributed by atoms with Gasteiger partial charge in [-0.1, -0.05) is 29.4 Å². The van der Waals surface area contributed by atoms with Crippen LogP contribution in [0.3, 0.4) is 0 Å². The van der Waals surface area contributed by atoms with Gasteiger partial charge in [-0.05, 0) is 25.3 Å². The van der Waals surface area contributed by atoms with Crippen LogP contribution in [0, 0.1) is 17.1 Å². The van der Waals surface area contributed by atoms with E-state index in [1.807, 2.05) is 0 Å². The second-order valence-corrected chi connectivity index (χ2v) is 5.22. The van der Waals surface area contributed by atoms with Crippen molar-refractivity contribution < 1.29 is 13.9 Å². The van der Waals surface area contributed by atoms with Crippen molar-refractivity contribution in [3.63, 3.8) is 0 Å². The van der Waals surface area contributed by atoms with Crippen LogP contribution in [0.5, 0.6) is 0 Å². The molecular formula is C15H14ClFN4O2S. The number of thioether (sulfide) groups is 1. The van der Waals surface area contributed by atoms with Crippen molar-refractivity contribution >= 4 is 40.7 Å². The smallest absolute Gasteiger partial charge is 0.350 e. The number of hydrogen-bond donors (Lipinski definition) is 1. The number of esters is 1. The highest BCUT2D eigenvalue weighted by Crippen LogP contribution is 2.16. The molecule has 0 unspecified atom stereocenters. The Kier molecular flexibility index (Phi) is 8.54. The van der Waals surface area contributed by atoms with E-state index in [2.05, 4.69) is 15.5 Å². The lowest BCUT2D eigenvalue weighted by atomic mass is 10.2. The summed E-state index contributed by atoms with van der Waals surface area (Å²) in [5.74, 6) is -1.27. The molecule has 0 bridgehead atoms. The average Bonchev–Trinajstić information content (AvgIpc) is 2.56. The van der Waals surface area contributed by atoms with Gasteiger partial charge in [0.2, 0.25) is 0 Å². The molecule has 1 N–H and O–H groups in total. The summed E-state index contributed by atoms with van der Waals surface area (Å²) >= 11 is 7.06. The summed E-state index contributed by atoms with van der Waals surface area (Å²) in [4.78, 5) is 15.4. The van der Waals surface area contributed by atoms with Gasteiger partial charge in [-0.25, -0.2) is 14.2 Å². The third kappa shape index (κ3) is 6.02. The Labute approximate surface area is 148 Å². The fraction of sp³-hybridized carbons (Fsp3) is 0.200. The fourth-order valence-electron chi connectivity index (χ4n) is 1.37. The molecule has 0 atom stereocenters. The number of nitriles is 1. The van der Waals surface area contributed by atoms with Crippen molar-refractivity contribution in [1.82, 2.24) is 5.43 Å². The molecule has 0 heterocycles. The van der Waals surface area contributed by atoms with Gasteiger partial charge in [-0.15, -0.1) is 0 Å². The second-order valence-electron chi connectivity index (χ2n) is 4.02. The van der Waals surface area contributed by atoms with Crippen LogP contribution >= 0.6 is 23.4 Å². The maximum absolute atomic E-state index is 13.6. The van der Waals surface area contributed by atoms with Crippen LogP contribution in [-0.2, 0) is 9.53 Å². The molecule has 0 aliphatic carbocycles. The quantitative estimate of drug-likeness (QED) is 0.215. The first-order valence-corrected chi connectivity index (χ1v) is 8.26. The van der Waals surface area contributed by atoms with E-state index in [4.69, 9.17) is 21.6 Å². The second kappa shape index (κ2) is 10.4. The summed E-state index contributed by atoms with van der Waals surface area (Å²) < 4.78 is 18.3. The molecule has 0 spiro atoms. The lowest BCUT2D eigenvalue weighted by Gasteiger charge is -2.02. The standard InChI is InChI=1S/C15H14ClFN4O2S/c1-3-23-14(22)10(7-18)8-19-15(24-2)21-20-9-11-12(16)5-4-6-13(11)17/h4-6,8-9H,3H2,1-2H3,(H,19,21)/b10-8-,20-9-. The van der Waals surface area contributed by atoms with Crippen molar-refractivity contribution in [1.29, 1.82) is 5.26 Å². The molecule has 0 radical (unpaired) electrons. The Balaban J connectivity index is 2.85. The molecule has 0 aliphatic heterocycles. The van der Waals surface area contributed by atoms with Crippen LogP contribution in [0.2, 0.25) is 5.02 Å². The molecule has 24 heavy (non-hydrogen) atoms. The zero-order valence-corrected chi connectivity index (χ0v) is 14.5. The minimum Gasteiger partial charge on any atom is -0.462 e. The van der Waals surface area contributed by atoms with Gasteiger partial charge >= 0.3 is 5.97 Å². The van der Waals surface area contributed by atoms with E-state index in [1.165, 1.54) is 36.2 Å². The number of amidine groups is 1. The SMILES string of the molecule is CCOC(=O)/C(C#N)=C\N=C(N/N=C\c1c(F)cccc1Cl)SC. The lowest BCUT2D eigenvalue weighted by molar-refractivity contribution is -0.138. The Morgan fingerprint density at radius 1 is 1.58 bits per heavy atom. The third-order valence-electron chi connectivity index (χ3n) is 2.47. The van der Waals surface area contributed by atoms with Gasteiger partial charge in [0.25, 0.3) is 0 Å². The number of ether oxygens (including phenoxy) is 1. The van der Waals surface area contributed by atoms with Crippen LogP contribution in [-0.4, -0.2) is 30.2 Å². The number of hydrazone groups is 1. The molecular weight excluding hydrogens is 355 g/mol. The summed E-state index contributed by atoms with van der Waals surface area (Å²) in [5, 5.41) is 13.2. The Hall–Kier alpha value is -2.37. The van der Waals surface area contributed by atoms with Crippen LogP contribution in [0.25, 0.3) is 0 Å². The van der Waals surface area contributed by atoms with Crippen molar-refractivity contribution in [3.05, 3.63) is 46.4 Å². The van der Waals surface area contributed by atoms with E-state index in [9.17, 15) is 9.18 Å². The van der Waals surface area contributed by atoms with Gasteiger partial charge in [-0.3, -0.25) is 5.43 Å². The number of rotatable bonds is 5. The molecule has 0 saturated heterocycles. The normalized spacial score (nSPS) is 12.1. The van der Waals surface area contributed by atoms with Gasteiger partial charge in [0.05, 0.1) is 24.0 Å². The number of carbonyl (C=O) groups excluding carboxylic acids is 1. The molecule has 1 aromatic carbocycles. The van der Waals surface area contributed by atoms with Crippen LogP contribution < -0.4 is 5.43 Å². The summed E-state index contributed by atoms with van der Waals surface area (Å²) in [6.45, 7) is 1.79. The van der Waals surface area contributed by atoms with E-state index in [1.54, 1.807) is 19.2 Å². The highest BCUT2D eigenvalue weighted by Gasteiger charge is 2.09. The highest BCUT2D eigenvalue weighted by atomic mass is 35.5. The topological polar surface area (TPSA) is 86.8 Å². The molecule has 9 heteroatoms. The first-order chi connectivity index (χ1) is 11.5. The van der Waals surface area contributed by atoms with Gasteiger partial charge in [0, 0.05) is 5.56 Å². The first kappa shape index (κ1) is 19.7. The van der Waals surface area contributed by atoms with E-state index >= 15 is 0 Å². The first-order valence-electron chi connectivity index (χ1n) is 6.65. The van der Waals surface area contributed by atoms with E-state index in [0.717, 1.165) is 6.20 Å². The molecule has 126 valence electrons. The lowest BCUT2D eigenvalue weighted by Crippen LogP contribution is -2.14. The number of halogens is 2. The summed E-state index contributed by atoms with van der Waals surface area (Å²) in [6, 6.07) is 5.99. The highest BCUT2D eigenvalue weighted by molar-refractivity contribution is 8.13. The van der Waals surface area contributed by atoms with Crippen LogP contribution in [0.1, 0.15) is 12.5 Å². The predicted octanol–water partition coefficient (Wildman–Crippen LogP) is 3.09. The van der Waals surface area contributed by atoms with Gasteiger partial charge < -0.3 is 4.74 Å². The van der Waals surface area contributed by atoms with Crippen LogP contribution in [0.15, 0.2) is 40.1 Å². The zero-order chi connectivity index (χ0) is 17.9. The Morgan fingerprint density at radius 3 is 2.92 bits per heavy atom. The Bertz CT molecular complexity index is 708. The molecule has 0 aromatic heterocycles. The average molecular weight is 369 g/mol. The Morgan fingerprint density at radius 2 is 2.33 bits per heavy atom. The monoisotopic (exact) mass is 368 g/mol. The summed E-state index contributed by atoms with van der Waals surface area (Å²) in [5.41, 5.74) is 2.46. The summed E-state index contributed by atoms with van der Waals surface area (Å²) in [6.07, 6.45) is 3.99. The van der Waals surface area contributed by atoms with Gasteiger partial charge in [-0.2, -0.15) is 10.4 Å². The number of aliphatic imine (C=N–C) groups is 1. The molecule has 0 amide bonds. The van der Waals surface area contributed by atoms with Crippen molar-refractivity contribution in [2.45, 2.75) is 6.92 Å². The third-order valence-corrected chi connectivity index (χ3v) is 3.39. The predicted molar refractivity (Wildman–Crippen MR) is 93.4 cm³/mol. The minimum absolute atomic E-state index is 0.131. The number of benzene rings is 1. The van der Waals surface area contributed by atoms with Gasteiger partial charge in [0.1, 0.15) is 11.9 Å². The van der Waals surface area contributed by atoms with E-state index in [-0.39, 0.29) is 27.9 Å². The fourth-order valence-corrected chi connectivity index (χ4v) is 1.89. The summed E-state index contributed by atoms with van der Waals surface area (Å²) in [7, 11) is 0. The van der Waals surface area contributed by atoms with Crippen molar-refractivity contribution in [2.24, 2.45) is 10.1 Å². The number of carbonyl (C=O) groups is 1. The number of nitrogens with zero attached hydrogens (tertiary/aromatic N) is 3. The van der Waals surface area contributed by atoms with Crippen molar-refractivity contribution in [3.8, 4) is 6.07 Å². The van der Waals surface area contributed by atoms with Gasteiger partial charge in [0.15, 0.2) is 10.7 Å². The maximum atomic E-state index is 13.6. The molecule has 6 nitrogen and oxygen atoms in total. The van der Waals surface area contributed by atoms with Crippen LogP contribution in [0.4, 0.5) is 4.39 Å². The van der Waals surface area contributed by atoms with E-state index < -0.39 is 11.8 Å². The minimum atomic E-state index is -0.758. The number of hydrogen-bond acceptors (Lipinski definition) is 6. The van der Waals surface area contributed by atoms with Crippen molar-refractivity contribution in [2.75, 3.05) is 12.9 Å².